The molecule has 4 nitrogen and oxygen atoms in total. The second kappa shape index (κ2) is 9.23. The molecule has 1 unspecified atom stereocenters. The normalized spacial score (nSPS) is 12.3. The van der Waals surface area contributed by atoms with Gasteiger partial charge in [-0.2, -0.15) is 11.8 Å². The first kappa shape index (κ1) is 17.3. The van der Waals surface area contributed by atoms with Crippen LogP contribution in [0.2, 0.25) is 0 Å². The molecule has 0 aromatic heterocycles. The van der Waals surface area contributed by atoms with Gasteiger partial charge < -0.3 is 10.4 Å². The highest BCUT2D eigenvalue weighted by atomic mass is 32.2. The molecule has 0 radical (unpaired) electrons. The van der Waals surface area contributed by atoms with Crippen LogP contribution in [0, 0.1) is 0 Å². The van der Waals surface area contributed by atoms with Gasteiger partial charge in [0.25, 0.3) is 0 Å². The summed E-state index contributed by atoms with van der Waals surface area (Å²) in [5.41, 5.74) is 2.15. The summed E-state index contributed by atoms with van der Waals surface area (Å²) in [4.78, 5) is 22.8. The van der Waals surface area contributed by atoms with Crippen LogP contribution in [0.15, 0.2) is 30.3 Å². The van der Waals surface area contributed by atoms with E-state index < -0.39 is 12.0 Å². The van der Waals surface area contributed by atoms with Gasteiger partial charge in [-0.25, -0.2) is 4.79 Å². The third kappa shape index (κ3) is 6.49. The van der Waals surface area contributed by atoms with E-state index >= 15 is 0 Å². The number of thioether (sulfide) groups is 1. The Labute approximate surface area is 129 Å². The van der Waals surface area contributed by atoms with E-state index in [0.717, 1.165) is 12.0 Å². The molecule has 0 spiro atoms. The van der Waals surface area contributed by atoms with E-state index in [2.05, 4.69) is 12.2 Å². The average molecular weight is 307 g/mol. The van der Waals surface area contributed by atoms with Crippen LogP contribution in [0.4, 0.5) is 0 Å². The summed E-state index contributed by atoms with van der Waals surface area (Å²) in [5, 5.41) is 11.5. The van der Waals surface area contributed by atoms with Crippen LogP contribution in [-0.2, 0) is 16.0 Å². The molecule has 0 saturated heterocycles. The Hall–Kier alpha value is -1.75. The number of carboxylic acid groups (broad SMARTS) is 1. The van der Waals surface area contributed by atoms with Crippen LogP contribution in [0.3, 0.4) is 0 Å². The molecule has 21 heavy (non-hydrogen) atoms. The number of rotatable bonds is 8. The highest BCUT2D eigenvalue weighted by Crippen LogP contribution is 2.07. The fraction of sp³-hybridized carbons (Fsp3) is 0.375. The van der Waals surface area contributed by atoms with Crippen molar-refractivity contribution in [2.24, 2.45) is 0 Å². The van der Waals surface area contributed by atoms with E-state index in [9.17, 15) is 9.59 Å². The summed E-state index contributed by atoms with van der Waals surface area (Å²) in [5.74, 6) is -0.694. The predicted molar refractivity (Wildman–Crippen MR) is 87.4 cm³/mol. The second-order valence-electron chi connectivity index (χ2n) is 4.61. The zero-order valence-electron chi connectivity index (χ0n) is 12.3. The third-order valence-corrected chi connectivity index (χ3v) is 3.68. The Balaban J connectivity index is 2.57. The van der Waals surface area contributed by atoms with Crippen LogP contribution in [0.1, 0.15) is 24.5 Å². The highest BCUT2D eigenvalue weighted by Gasteiger charge is 2.17. The van der Waals surface area contributed by atoms with Crippen molar-refractivity contribution in [3.8, 4) is 0 Å². The van der Waals surface area contributed by atoms with Crippen molar-refractivity contribution in [1.29, 1.82) is 0 Å². The Morgan fingerprint density at radius 3 is 2.52 bits per heavy atom. The molecule has 1 aromatic carbocycles. The monoisotopic (exact) mass is 307 g/mol. The first-order valence-corrected chi connectivity index (χ1v) is 8.25. The number of amides is 1. The standard InChI is InChI=1S/C16H21NO3S/c1-3-12-4-6-13(7-5-12)8-9-15(18)17-14(16(19)20)10-11-21-2/h4-9,14H,3,10-11H2,1-2H3,(H,17,18)(H,19,20)/b9-8+. The Bertz CT molecular complexity index is 497. The summed E-state index contributed by atoms with van der Waals surface area (Å²) >= 11 is 1.56. The zero-order valence-corrected chi connectivity index (χ0v) is 13.2. The van der Waals surface area contributed by atoms with E-state index in [1.165, 1.54) is 11.6 Å². The molecule has 114 valence electrons. The largest absolute Gasteiger partial charge is 0.480 e. The van der Waals surface area contributed by atoms with E-state index in [-0.39, 0.29) is 5.91 Å². The summed E-state index contributed by atoms with van der Waals surface area (Å²) in [7, 11) is 0. The predicted octanol–water partition coefficient (Wildman–Crippen LogP) is 2.58. The molecule has 1 aromatic rings. The van der Waals surface area contributed by atoms with Crippen LogP contribution in [0.5, 0.6) is 0 Å². The Morgan fingerprint density at radius 1 is 1.33 bits per heavy atom. The van der Waals surface area contributed by atoms with Gasteiger partial charge in [-0.05, 0) is 42.1 Å². The van der Waals surface area contributed by atoms with Crippen LogP contribution in [0.25, 0.3) is 6.08 Å². The lowest BCUT2D eigenvalue weighted by atomic mass is 10.1. The fourth-order valence-electron chi connectivity index (χ4n) is 1.75. The topological polar surface area (TPSA) is 66.4 Å². The number of hydrogen-bond donors (Lipinski definition) is 2. The molecule has 2 N–H and O–H groups in total. The molecule has 0 fully saturated rings. The third-order valence-electron chi connectivity index (χ3n) is 3.04. The molecule has 1 amide bonds. The number of nitrogens with one attached hydrogen (secondary N) is 1. The average Bonchev–Trinajstić information content (AvgIpc) is 2.49. The molecule has 0 saturated carbocycles. The molecule has 1 rings (SSSR count). The molecule has 0 aliphatic heterocycles. The molecule has 0 bridgehead atoms. The summed E-state index contributed by atoms with van der Waals surface area (Å²) in [6, 6.07) is 7.06. The number of hydrogen-bond acceptors (Lipinski definition) is 3. The first-order valence-electron chi connectivity index (χ1n) is 6.86. The van der Waals surface area contributed by atoms with Gasteiger partial charge in [-0.15, -0.1) is 0 Å². The Morgan fingerprint density at radius 2 is 2.00 bits per heavy atom. The minimum absolute atomic E-state index is 0.386. The lowest BCUT2D eigenvalue weighted by Crippen LogP contribution is -2.40. The minimum atomic E-state index is -1.00. The van der Waals surface area contributed by atoms with Crippen LogP contribution >= 0.6 is 11.8 Å². The maximum Gasteiger partial charge on any atom is 0.326 e. The maximum absolute atomic E-state index is 11.7. The summed E-state index contributed by atoms with van der Waals surface area (Å²) in [6.07, 6.45) is 6.35. The van der Waals surface area contributed by atoms with Crippen molar-refractivity contribution in [1.82, 2.24) is 5.32 Å². The second-order valence-corrected chi connectivity index (χ2v) is 5.59. The number of carboxylic acids is 1. The van der Waals surface area contributed by atoms with Crippen molar-refractivity contribution in [2.45, 2.75) is 25.8 Å². The minimum Gasteiger partial charge on any atom is -0.480 e. The van der Waals surface area contributed by atoms with Gasteiger partial charge in [-0.1, -0.05) is 31.2 Å². The molecule has 0 aliphatic rings. The van der Waals surface area contributed by atoms with Gasteiger partial charge in [0, 0.05) is 6.08 Å². The summed E-state index contributed by atoms with van der Waals surface area (Å²) < 4.78 is 0. The van der Waals surface area contributed by atoms with E-state index in [1.807, 2.05) is 30.5 Å². The molecular weight excluding hydrogens is 286 g/mol. The number of aryl methyl sites for hydroxylation is 1. The Kier molecular flexibility index (Phi) is 7.61. The van der Waals surface area contributed by atoms with Crippen molar-refractivity contribution in [3.63, 3.8) is 0 Å². The molecule has 0 aliphatic carbocycles. The van der Waals surface area contributed by atoms with Crippen LogP contribution < -0.4 is 5.32 Å². The summed E-state index contributed by atoms with van der Waals surface area (Å²) in [6.45, 7) is 2.08. The fourth-order valence-corrected chi connectivity index (χ4v) is 2.22. The SMILES string of the molecule is CCc1ccc(/C=C/C(=O)NC(CCSC)C(=O)O)cc1. The molecule has 1 atom stereocenters. The van der Waals surface area contributed by atoms with Crippen molar-refractivity contribution in [3.05, 3.63) is 41.5 Å². The van der Waals surface area contributed by atoms with Gasteiger partial charge in [-0.3, -0.25) is 4.79 Å². The first-order chi connectivity index (χ1) is 10.1. The van der Waals surface area contributed by atoms with Gasteiger partial charge >= 0.3 is 5.97 Å². The quantitative estimate of drug-likeness (QED) is 0.725. The van der Waals surface area contributed by atoms with Gasteiger partial charge in [0.1, 0.15) is 6.04 Å². The van der Waals surface area contributed by atoms with Gasteiger partial charge in [0.2, 0.25) is 5.91 Å². The van der Waals surface area contributed by atoms with Crippen molar-refractivity contribution in [2.75, 3.05) is 12.0 Å². The van der Waals surface area contributed by atoms with Gasteiger partial charge in [0.15, 0.2) is 0 Å². The smallest absolute Gasteiger partial charge is 0.326 e. The number of aliphatic carboxylic acids is 1. The van der Waals surface area contributed by atoms with Crippen molar-refractivity contribution < 1.29 is 14.7 Å². The highest BCUT2D eigenvalue weighted by molar-refractivity contribution is 7.98. The number of carbonyl (C=O) groups is 2. The molecule has 5 heteroatoms. The van der Waals surface area contributed by atoms with E-state index in [1.54, 1.807) is 17.8 Å². The van der Waals surface area contributed by atoms with Gasteiger partial charge in [0.05, 0.1) is 0 Å². The lowest BCUT2D eigenvalue weighted by Gasteiger charge is -2.12. The number of carbonyl (C=O) groups excluding carboxylic acids is 1. The number of benzene rings is 1. The molecular formula is C16H21NO3S. The molecule has 0 heterocycles. The zero-order chi connectivity index (χ0) is 15.7. The maximum atomic E-state index is 11.7. The lowest BCUT2D eigenvalue weighted by molar-refractivity contribution is -0.141. The van der Waals surface area contributed by atoms with Crippen LogP contribution in [-0.4, -0.2) is 35.0 Å². The van der Waals surface area contributed by atoms with Crippen molar-refractivity contribution >= 4 is 29.7 Å². The van der Waals surface area contributed by atoms with E-state index in [0.29, 0.717) is 12.2 Å². The van der Waals surface area contributed by atoms with E-state index in [4.69, 9.17) is 5.11 Å².